The number of carbonyl (C=O) groups is 2. The van der Waals surface area contributed by atoms with Gasteiger partial charge in [0.25, 0.3) is 11.8 Å². The number of nitrogens with zero attached hydrogens (tertiary/aromatic N) is 2. The molecule has 8 heteroatoms. The number of para-hydroxylation sites is 2. The van der Waals surface area contributed by atoms with E-state index < -0.39 is 0 Å². The van der Waals surface area contributed by atoms with Gasteiger partial charge in [0, 0.05) is 24.0 Å². The van der Waals surface area contributed by atoms with E-state index in [1.54, 1.807) is 11.0 Å². The molecule has 1 aromatic heterocycles. The molecular formula is C18H15IN4O3. The highest BCUT2D eigenvalue weighted by atomic mass is 127. The second kappa shape index (κ2) is 6.94. The van der Waals surface area contributed by atoms with Gasteiger partial charge in [-0.05, 0) is 52.9 Å². The number of amides is 2. The third kappa shape index (κ3) is 3.12. The number of carbonyl (C=O) groups excluding carboxylic acids is 2. The van der Waals surface area contributed by atoms with Crippen molar-refractivity contribution in [2.45, 2.75) is 0 Å². The largest absolute Gasteiger partial charge is 0.482 e. The maximum atomic E-state index is 12.4. The van der Waals surface area contributed by atoms with E-state index in [1.165, 1.54) is 0 Å². The zero-order valence-electron chi connectivity index (χ0n) is 13.7. The van der Waals surface area contributed by atoms with Crippen LogP contribution in [0.3, 0.4) is 0 Å². The molecule has 0 spiro atoms. The second-order valence-electron chi connectivity index (χ2n) is 5.83. The molecule has 132 valence electrons. The highest BCUT2D eigenvalue weighted by molar-refractivity contribution is 14.1. The molecule has 2 heterocycles. The van der Waals surface area contributed by atoms with E-state index in [9.17, 15) is 9.59 Å². The van der Waals surface area contributed by atoms with E-state index in [4.69, 9.17) is 4.74 Å². The lowest BCUT2D eigenvalue weighted by Crippen LogP contribution is -2.43. The molecule has 1 aliphatic heterocycles. The van der Waals surface area contributed by atoms with Crippen LogP contribution in [0.4, 0.5) is 5.69 Å². The van der Waals surface area contributed by atoms with Gasteiger partial charge in [0.05, 0.1) is 11.2 Å². The van der Waals surface area contributed by atoms with Gasteiger partial charge in [-0.3, -0.25) is 14.7 Å². The van der Waals surface area contributed by atoms with Crippen LogP contribution in [0.1, 0.15) is 10.4 Å². The molecule has 0 fully saturated rings. The first-order valence-electron chi connectivity index (χ1n) is 8.07. The minimum absolute atomic E-state index is 0.0144. The van der Waals surface area contributed by atoms with Crippen molar-refractivity contribution in [2.24, 2.45) is 0 Å². The first kappa shape index (κ1) is 16.8. The molecule has 2 aromatic carbocycles. The lowest BCUT2D eigenvalue weighted by atomic mass is 10.1. The van der Waals surface area contributed by atoms with Gasteiger partial charge in [-0.15, -0.1) is 0 Å². The van der Waals surface area contributed by atoms with Gasteiger partial charge in [0.2, 0.25) is 0 Å². The molecule has 3 aromatic rings. The van der Waals surface area contributed by atoms with Crippen LogP contribution in [-0.2, 0) is 4.79 Å². The normalized spacial score (nSPS) is 13.4. The van der Waals surface area contributed by atoms with E-state index in [0.717, 1.165) is 20.3 Å². The fourth-order valence-corrected chi connectivity index (χ4v) is 3.46. The number of aromatic nitrogens is 2. The van der Waals surface area contributed by atoms with Crippen molar-refractivity contribution in [2.75, 3.05) is 24.6 Å². The molecule has 2 amide bonds. The summed E-state index contributed by atoms with van der Waals surface area (Å²) in [7, 11) is 0. The van der Waals surface area contributed by atoms with Crippen LogP contribution < -0.4 is 15.0 Å². The van der Waals surface area contributed by atoms with Gasteiger partial charge in [0.15, 0.2) is 6.61 Å². The topological polar surface area (TPSA) is 87.3 Å². The van der Waals surface area contributed by atoms with Gasteiger partial charge < -0.3 is 15.0 Å². The van der Waals surface area contributed by atoms with Crippen LogP contribution >= 0.6 is 22.6 Å². The Morgan fingerprint density at radius 2 is 2.15 bits per heavy atom. The minimum atomic E-state index is -0.183. The molecule has 2 N–H and O–H groups in total. The summed E-state index contributed by atoms with van der Waals surface area (Å²) < 4.78 is 6.31. The number of nitrogens with one attached hydrogen (secondary N) is 2. The molecule has 7 nitrogen and oxygen atoms in total. The number of aromatic amines is 1. The van der Waals surface area contributed by atoms with Gasteiger partial charge >= 0.3 is 0 Å². The van der Waals surface area contributed by atoms with Crippen LogP contribution in [-0.4, -0.2) is 41.7 Å². The Hall–Kier alpha value is -2.62. The molecule has 0 saturated heterocycles. The number of hydrogen-bond acceptors (Lipinski definition) is 4. The van der Waals surface area contributed by atoms with Crippen LogP contribution in [0.15, 0.2) is 42.5 Å². The first-order chi connectivity index (χ1) is 12.6. The number of fused-ring (bicyclic) bond motifs is 2. The monoisotopic (exact) mass is 462 g/mol. The molecular weight excluding hydrogens is 447 g/mol. The molecule has 0 saturated carbocycles. The summed E-state index contributed by atoms with van der Waals surface area (Å²) >= 11 is 2.15. The Labute approximate surface area is 162 Å². The fraction of sp³-hybridized carbons (Fsp3) is 0.167. The Bertz CT molecular complexity index is 1000. The Kier molecular flexibility index (Phi) is 4.49. The summed E-state index contributed by atoms with van der Waals surface area (Å²) in [6.45, 7) is 0.746. The molecule has 0 bridgehead atoms. The van der Waals surface area contributed by atoms with Crippen LogP contribution in [0.25, 0.3) is 10.9 Å². The minimum Gasteiger partial charge on any atom is -0.482 e. The van der Waals surface area contributed by atoms with Crippen molar-refractivity contribution in [1.29, 1.82) is 0 Å². The third-order valence-corrected chi connectivity index (χ3v) is 5.02. The van der Waals surface area contributed by atoms with Gasteiger partial charge in [-0.25, -0.2) is 0 Å². The highest BCUT2D eigenvalue weighted by Crippen LogP contribution is 2.31. The third-order valence-electron chi connectivity index (χ3n) is 4.20. The number of hydrogen-bond donors (Lipinski definition) is 2. The fourth-order valence-electron chi connectivity index (χ4n) is 2.90. The molecule has 1 aliphatic rings. The second-order valence-corrected chi connectivity index (χ2v) is 6.91. The molecule has 4 rings (SSSR count). The summed E-state index contributed by atoms with van der Waals surface area (Å²) in [5, 5.41) is 10.8. The van der Waals surface area contributed by atoms with Crippen molar-refractivity contribution in [3.8, 4) is 5.75 Å². The van der Waals surface area contributed by atoms with Crippen LogP contribution in [0, 0.1) is 3.70 Å². The Morgan fingerprint density at radius 1 is 1.31 bits per heavy atom. The van der Waals surface area contributed by atoms with Gasteiger partial charge in [-0.1, -0.05) is 12.1 Å². The number of rotatable bonds is 4. The van der Waals surface area contributed by atoms with E-state index in [2.05, 4.69) is 38.1 Å². The average molecular weight is 462 g/mol. The van der Waals surface area contributed by atoms with E-state index in [-0.39, 0.29) is 18.4 Å². The molecule has 26 heavy (non-hydrogen) atoms. The van der Waals surface area contributed by atoms with Crippen molar-refractivity contribution in [3.63, 3.8) is 0 Å². The maximum absolute atomic E-state index is 12.4. The van der Waals surface area contributed by atoms with E-state index in [0.29, 0.717) is 24.4 Å². The van der Waals surface area contributed by atoms with Gasteiger partial charge in [0.1, 0.15) is 9.45 Å². The van der Waals surface area contributed by atoms with Crippen LogP contribution in [0.5, 0.6) is 5.75 Å². The maximum Gasteiger partial charge on any atom is 0.265 e. The predicted molar refractivity (Wildman–Crippen MR) is 105 cm³/mol. The number of H-pyrrole nitrogens is 1. The molecule has 0 atom stereocenters. The number of halogens is 1. The van der Waals surface area contributed by atoms with Gasteiger partial charge in [-0.2, -0.15) is 5.10 Å². The molecule has 0 aliphatic carbocycles. The first-order valence-corrected chi connectivity index (χ1v) is 9.15. The Morgan fingerprint density at radius 3 is 3.04 bits per heavy atom. The summed E-state index contributed by atoms with van der Waals surface area (Å²) in [6, 6.07) is 12.7. The summed E-state index contributed by atoms with van der Waals surface area (Å²) in [5.41, 5.74) is 2.11. The van der Waals surface area contributed by atoms with Crippen molar-refractivity contribution >= 4 is 51.0 Å². The molecule has 0 radical (unpaired) electrons. The SMILES string of the molecule is O=C(NCCN1C(=O)COc2ccccc21)c1ccc2n[nH]c(I)c2c1. The van der Waals surface area contributed by atoms with Crippen molar-refractivity contribution < 1.29 is 14.3 Å². The van der Waals surface area contributed by atoms with E-state index >= 15 is 0 Å². The van der Waals surface area contributed by atoms with E-state index in [1.807, 2.05) is 36.4 Å². The van der Waals surface area contributed by atoms with Crippen molar-refractivity contribution in [3.05, 3.63) is 51.7 Å². The zero-order chi connectivity index (χ0) is 18.1. The number of benzene rings is 2. The lowest BCUT2D eigenvalue weighted by molar-refractivity contribution is -0.121. The quantitative estimate of drug-likeness (QED) is 0.583. The highest BCUT2D eigenvalue weighted by Gasteiger charge is 2.24. The summed E-state index contributed by atoms with van der Waals surface area (Å²) in [4.78, 5) is 26.2. The standard InChI is InChI=1S/C18H15IN4O3/c19-17-12-9-11(5-6-13(12)21-22-17)18(25)20-7-8-23-14-3-1-2-4-15(14)26-10-16(23)24/h1-6,9H,7-8,10H2,(H,20,25)(H,21,22). The van der Waals surface area contributed by atoms with Crippen molar-refractivity contribution in [1.82, 2.24) is 15.5 Å². The predicted octanol–water partition coefficient (Wildman–Crippen LogP) is 2.32. The van der Waals surface area contributed by atoms with Crippen LogP contribution in [0.2, 0.25) is 0 Å². The summed E-state index contributed by atoms with van der Waals surface area (Å²) in [6.07, 6.45) is 0. The summed E-state index contributed by atoms with van der Waals surface area (Å²) in [5.74, 6) is 0.378. The number of ether oxygens (including phenoxy) is 1. The molecule has 0 unspecified atom stereocenters. The zero-order valence-corrected chi connectivity index (χ0v) is 15.8. The number of anilines is 1. The lowest BCUT2D eigenvalue weighted by Gasteiger charge is -2.29. The Balaban J connectivity index is 1.43. The smallest absolute Gasteiger partial charge is 0.265 e. The average Bonchev–Trinajstić information content (AvgIpc) is 3.04.